The van der Waals surface area contributed by atoms with E-state index in [9.17, 15) is 19.4 Å². The number of aliphatic hydroxyl groups excluding tert-OH is 1. The largest absolute Gasteiger partial charge is 0.472 e. The topological polar surface area (TPSA) is 105 Å². The Kier molecular flexibility index (Phi) is 32.7. The van der Waals surface area contributed by atoms with Crippen LogP contribution in [0.3, 0.4) is 0 Å². The summed E-state index contributed by atoms with van der Waals surface area (Å²) in [7, 11) is 1.55. The second kappa shape index (κ2) is 33.5. The normalized spacial score (nSPS) is 14.9. The van der Waals surface area contributed by atoms with E-state index >= 15 is 0 Å². The molecule has 0 bridgehead atoms. The average Bonchev–Trinajstić information content (AvgIpc) is 3.06. The highest BCUT2D eigenvalue weighted by Gasteiger charge is 2.27. The first-order valence-corrected chi connectivity index (χ1v) is 21.9. The van der Waals surface area contributed by atoms with E-state index in [1.807, 2.05) is 27.2 Å². The molecule has 3 N–H and O–H groups in total. The van der Waals surface area contributed by atoms with Gasteiger partial charge in [-0.15, -0.1) is 0 Å². The van der Waals surface area contributed by atoms with E-state index in [4.69, 9.17) is 9.05 Å². The summed E-state index contributed by atoms with van der Waals surface area (Å²) in [6, 6.07) is -0.862. The van der Waals surface area contributed by atoms with Gasteiger partial charge in [-0.2, -0.15) is 0 Å². The molecule has 0 saturated heterocycles. The lowest BCUT2D eigenvalue weighted by molar-refractivity contribution is -0.870. The number of carbonyl (C=O) groups excluding carboxylic acids is 1. The fourth-order valence-electron chi connectivity index (χ4n) is 5.52. The van der Waals surface area contributed by atoms with Crippen molar-refractivity contribution in [2.75, 3.05) is 40.9 Å². The highest BCUT2D eigenvalue weighted by molar-refractivity contribution is 7.47. The lowest BCUT2D eigenvalue weighted by Gasteiger charge is -2.25. The van der Waals surface area contributed by atoms with E-state index in [1.54, 1.807) is 6.08 Å². The summed E-state index contributed by atoms with van der Waals surface area (Å²) in [5.41, 5.74) is 0. The molecule has 0 fully saturated rings. The molecule has 0 aromatic rings. The summed E-state index contributed by atoms with van der Waals surface area (Å²) in [6.45, 7) is 4.75. The van der Waals surface area contributed by atoms with Crippen molar-refractivity contribution >= 4 is 13.7 Å². The molecule has 294 valence electrons. The van der Waals surface area contributed by atoms with E-state index < -0.39 is 20.0 Å². The van der Waals surface area contributed by atoms with Gasteiger partial charge in [-0.3, -0.25) is 13.8 Å². The number of rotatable bonds is 36. The van der Waals surface area contributed by atoms with Gasteiger partial charge in [0.2, 0.25) is 5.91 Å². The van der Waals surface area contributed by atoms with E-state index in [0.29, 0.717) is 17.4 Å². The maximum atomic E-state index is 12.8. The van der Waals surface area contributed by atoms with Crippen LogP contribution in [-0.2, 0) is 18.4 Å². The second-order valence-electron chi connectivity index (χ2n) is 15.0. The minimum Gasteiger partial charge on any atom is -0.387 e. The summed E-state index contributed by atoms with van der Waals surface area (Å²) in [5.74, 6) is -0.195. The molecule has 0 spiro atoms. The number of phosphoric acid groups is 1. The molecule has 1 amide bonds. The van der Waals surface area contributed by atoms with Crippen LogP contribution in [0.1, 0.15) is 168 Å². The van der Waals surface area contributed by atoms with Gasteiger partial charge in [0.25, 0.3) is 0 Å². The smallest absolute Gasteiger partial charge is 0.387 e. The van der Waals surface area contributed by atoms with Gasteiger partial charge in [-0.25, -0.2) is 4.57 Å². The summed E-state index contributed by atoms with van der Waals surface area (Å²) < 4.78 is 23.5. The van der Waals surface area contributed by atoms with Gasteiger partial charge in [0.05, 0.1) is 39.9 Å². The van der Waals surface area contributed by atoms with Crippen LogP contribution in [0, 0.1) is 0 Å². The molecule has 3 atom stereocenters. The fraction of sp³-hybridized carbons (Fsp3) is 0.829. The zero-order valence-electron chi connectivity index (χ0n) is 33.1. The number of likely N-dealkylation sites (N-methyl/N-ethyl adjacent to an activating group) is 1. The fourth-order valence-corrected chi connectivity index (χ4v) is 6.26. The van der Waals surface area contributed by atoms with Crippen molar-refractivity contribution in [3.63, 3.8) is 0 Å². The number of phosphoric ester groups is 1. The molecule has 0 aliphatic heterocycles. The van der Waals surface area contributed by atoms with Gasteiger partial charge >= 0.3 is 7.82 Å². The molecule has 0 aliphatic rings. The lowest BCUT2D eigenvalue weighted by Crippen LogP contribution is -2.45. The van der Waals surface area contributed by atoms with E-state index in [0.717, 1.165) is 38.5 Å². The quantitative estimate of drug-likeness (QED) is 0.0257. The third kappa shape index (κ3) is 35.1. The van der Waals surface area contributed by atoms with Gasteiger partial charge in [0.1, 0.15) is 13.2 Å². The van der Waals surface area contributed by atoms with Crippen molar-refractivity contribution in [2.24, 2.45) is 0 Å². The van der Waals surface area contributed by atoms with Gasteiger partial charge in [0, 0.05) is 6.42 Å². The average molecular weight is 728 g/mol. The molecule has 0 saturated carbocycles. The number of allylic oxidation sites excluding steroid dienone is 5. The Hall–Kier alpha value is -1.28. The van der Waals surface area contributed by atoms with Crippen molar-refractivity contribution in [2.45, 2.75) is 180 Å². The van der Waals surface area contributed by atoms with Crippen LogP contribution in [0.2, 0.25) is 0 Å². The Balaban J connectivity index is 4.55. The van der Waals surface area contributed by atoms with Crippen LogP contribution < -0.4 is 5.32 Å². The number of hydrogen-bond acceptors (Lipinski definition) is 5. The SMILES string of the molecule is CCCCCC/C=C\CCCCCCCCCC(=O)NC(COP(=O)(O)OCC[N+](C)(C)C)C(O)/C=C/CC/C=C/CCCCCCCCC. The lowest BCUT2D eigenvalue weighted by atomic mass is 10.1. The minimum absolute atomic E-state index is 0.0550. The highest BCUT2D eigenvalue weighted by Crippen LogP contribution is 2.43. The summed E-state index contributed by atoms with van der Waals surface area (Å²) >= 11 is 0. The molecule has 3 unspecified atom stereocenters. The molecule has 0 heterocycles. The Morgan fingerprint density at radius 2 is 1.10 bits per heavy atom. The van der Waals surface area contributed by atoms with Crippen LogP contribution in [0.5, 0.6) is 0 Å². The predicted molar refractivity (Wildman–Crippen MR) is 212 cm³/mol. The zero-order valence-corrected chi connectivity index (χ0v) is 34.0. The molecular weight excluding hydrogens is 647 g/mol. The van der Waals surface area contributed by atoms with Crippen LogP contribution in [-0.4, -0.2) is 73.4 Å². The summed E-state index contributed by atoms with van der Waals surface area (Å²) in [4.78, 5) is 23.0. The van der Waals surface area contributed by atoms with Gasteiger partial charge in [-0.1, -0.05) is 140 Å². The molecule has 0 aliphatic carbocycles. The van der Waals surface area contributed by atoms with Crippen molar-refractivity contribution in [1.82, 2.24) is 5.32 Å². The predicted octanol–water partition coefficient (Wildman–Crippen LogP) is 10.7. The van der Waals surface area contributed by atoms with E-state index in [-0.39, 0.29) is 19.1 Å². The number of quaternary nitrogens is 1. The molecule has 9 heteroatoms. The number of nitrogens with zero attached hydrogens (tertiary/aromatic N) is 1. The summed E-state index contributed by atoms with van der Waals surface area (Å²) in [6.07, 6.45) is 39.2. The maximum Gasteiger partial charge on any atom is 0.472 e. The number of unbranched alkanes of at least 4 members (excludes halogenated alkanes) is 19. The third-order valence-electron chi connectivity index (χ3n) is 8.83. The molecule has 0 aromatic heterocycles. The summed E-state index contributed by atoms with van der Waals surface area (Å²) in [5, 5.41) is 13.7. The molecule has 50 heavy (non-hydrogen) atoms. The van der Waals surface area contributed by atoms with Crippen molar-refractivity contribution < 1.29 is 32.9 Å². The van der Waals surface area contributed by atoms with Crippen LogP contribution in [0.25, 0.3) is 0 Å². The Bertz CT molecular complexity index is 917. The van der Waals surface area contributed by atoms with Crippen LogP contribution in [0.15, 0.2) is 36.5 Å². The standard InChI is InChI=1S/C41H79N2O6P/c1-6-8-10-12-14-16-18-20-21-23-25-27-29-31-33-35-41(45)42-39(38-49-50(46,47)48-37-36-43(3,4)5)40(44)34-32-30-28-26-24-22-19-17-15-13-11-9-7-2/h16,18,24,26,32,34,39-40,44H,6-15,17,19-23,25,27-31,33,35-38H2,1-5H3,(H-,42,45,46,47)/p+1/b18-16-,26-24+,34-32+. The number of amides is 1. The van der Waals surface area contributed by atoms with E-state index in [2.05, 4.69) is 43.5 Å². The third-order valence-corrected chi connectivity index (χ3v) is 9.82. The molecule has 8 nitrogen and oxygen atoms in total. The van der Waals surface area contributed by atoms with Crippen LogP contribution >= 0.6 is 7.82 Å². The van der Waals surface area contributed by atoms with Crippen LogP contribution in [0.4, 0.5) is 0 Å². The zero-order chi connectivity index (χ0) is 37.2. The van der Waals surface area contributed by atoms with E-state index in [1.165, 1.54) is 109 Å². The Morgan fingerprint density at radius 1 is 0.660 bits per heavy atom. The first kappa shape index (κ1) is 48.7. The number of hydrogen-bond donors (Lipinski definition) is 3. The number of aliphatic hydroxyl groups is 1. The first-order chi connectivity index (χ1) is 24.0. The molecule has 0 aromatic carbocycles. The van der Waals surface area contributed by atoms with Gasteiger partial charge in [0.15, 0.2) is 0 Å². The molecule has 0 rings (SSSR count). The Morgan fingerprint density at radius 3 is 1.62 bits per heavy atom. The minimum atomic E-state index is -4.34. The first-order valence-electron chi connectivity index (χ1n) is 20.4. The Labute approximate surface area is 308 Å². The second-order valence-corrected chi connectivity index (χ2v) is 16.5. The molecule has 0 radical (unpaired) electrons. The number of nitrogens with one attached hydrogen (secondary N) is 1. The monoisotopic (exact) mass is 728 g/mol. The van der Waals surface area contributed by atoms with Crippen molar-refractivity contribution in [1.29, 1.82) is 0 Å². The molecular formula is C41H80N2O6P+. The van der Waals surface area contributed by atoms with Gasteiger partial charge in [-0.05, 0) is 57.8 Å². The highest BCUT2D eigenvalue weighted by atomic mass is 31.2. The number of carbonyl (C=O) groups is 1. The maximum absolute atomic E-state index is 12.8. The van der Waals surface area contributed by atoms with Crippen molar-refractivity contribution in [3.05, 3.63) is 36.5 Å². The van der Waals surface area contributed by atoms with Crippen molar-refractivity contribution in [3.8, 4) is 0 Å². The van der Waals surface area contributed by atoms with Gasteiger partial charge < -0.3 is 19.8 Å².